The number of nitrogens with one attached hydrogen (secondary N) is 1. The number of nitrogens with zero attached hydrogens (tertiary/aromatic N) is 1. The summed E-state index contributed by atoms with van der Waals surface area (Å²) in [7, 11) is 0. The highest BCUT2D eigenvalue weighted by molar-refractivity contribution is 7.14. The number of benzene rings is 2. The molecule has 1 aromatic heterocycles. The van der Waals surface area contributed by atoms with Crippen LogP contribution in [0.25, 0.3) is 0 Å². The molecule has 0 atom stereocenters. The zero-order chi connectivity index (χ0) is 20.1. The van der Waals surface area contributed by atoms with Crippen LogP contribution in [0.5, 0.6) is 5.75 Å². The first-order valence-electron chi connectivity index (χ1n) is 8.04. The maximum atomic E-state index is 13.3. The molecule has 0 spiro atoms. The summed E-state index contributed by atoms with van der Waals surface area (Å²) in [5.41, 5.74) is 0.0102. The van der Waals surface area contributed by atoms with Gasteiger partial charge >= 0.3 is 6.18 Å². The molecule has 0 fully saturated rings. The summed E-state index contributed by atoms with van der Waals surface area (Å²) >= 11 is 0.586. The SMILES string of the molecule is O=C(NCc1ccccc1)c1sc(C#Cc2ccc(O)cc2)nc1C(F)(F)F. The molecule has 8 heteroatoms. The topological polar surface area (TPSA) is 62.2 Å². The van der Waals surface area contributed by atoms with Crippen molar-refractivity contribution in [2.75, 3.05) is 0 Å². The number of phenols is 1. The largest absolute Gasteiger partial charge is 0.508 e. The van der Waals surface area contributed by atoms with Crippen molar-refractivity contribution in [3.63, 3.8) is 0 Å². The second kappa shape index (κ2) is 8.15. The Labute approximate surface area is 162 Å². The van der Waals surface area contributed by atoms with Crippen molar-refractivity contribution >= 4 is 17.2 Å². The fourth-order valence-electron chi connectivity index (χ4n) is 2.25. The van der Waals surface area contributed by atoms with Gasteiger partial charge in [0.1, 0.15) is 10.6 Å². The number of alkyl halides is 3. The van der Waals surface area contributed by atoms with Crippen molar-refractivity contribution in [1.82, 2.24) is 10.3 Å². The molecule has 1 heterocycles. The van der Waals surface area contributed by atoms with Crippen molar-refractivity contribution in [2.45, 2.75) is 12.7 Å². The van der Waals surface area contributed by atoms with E-state index in [2.05, 4.69) is 22.1 Å². The summed E-state index contributed by atoms with van der Waals surface area (Å²) in [6, 6.07) is 14.7. The van der Waals surface area contributed by atoms with E-state index in [1.54, 1.807) is 30.3 Å². The zero-order valence-corrected chi connectivity index (χ0v) is 15.1. The lowest BCUT2D eigenvalue weighted by Crippen LogP contribution is -2.24. The van der Waals surface area contributed by atoms with Gasteiger partial charge < -0.3 is 10.4 Å². The van der Waals surface area contributed by atoms with Crippen molar-refractivity contribution < 1.29 is 23.1 Å². The fraction of sp³-hybridized carbons (Fsp3) is 0.100. The normalized spacial score (nSPS) is 10.8. The van der Waals surface area contributed by atoms with Crippen molar-refractivity contribution in [2.24, 2.45) is 0 Å². The maximum absolute atomic E-state index is 13.3. The molecule has 0 unspecified atom stereocenters. The van der Waals surface area contributed by atoms with Crippen LogP contribution in [0.4, 0.5) is 13.2 Å². The molecule has 0 saturated carbocycles. The number of halogens is 3. The molecule has 3 rings (SSSR count). The second-order valence-electron chi connectivity index (χ2n) is 5.66. The van der Waals surface area contributed by atoms with Gasteiger partial charge in [0.15, 0.2) is 10.7 Å². The van der Waals surface area contributed by atoms with Crippen LogP contribution in [0.1, 0.15) is 31.5 Å². The molecule has 1 amide bonds. The molecular formula is C20H13F3N2O2S. The monoisotopic (exact) mass is 402 g/mol. The van der Waals surface area contributed by atoms with E-state index in [-0.39, 0.29) is 17.3 Å². The minimum absolute atomic E-state index is 0.0523. The lowest BCUT2D eigenvalue weighted by Gasteiger charge is -2.07. The lowest BCUT2D eigenvalue weighted by atomic mass is 10.2. The highest BCUT2D eigenvalue weighted by Crippen LogP contribution is 2.34. The first kappa shape index (κ1) is 19.5. The van der Waals surface area contributed by atoms with E-state index >= 15 is 0 Å². The van der Waals surface area contributed by atoms with Gasteiger partial charge in [-0.3, -0.25) is 4.79 Å². The number of carbonyl (C=O) groups is 1. The van der Waals surface area contributed by atoms with E-state index in [4.69, 9.17) is 0 Å². The molecule has 2 N–H and O–H groups in total. The molecule has 0 aliphatic heterocycles. The number of aromatic nitrogens is 1. The number of hydrogen-bond acceptors (Lipinski definition) is 4. The smallest absolute Gasteiger partial charge is 0.435 e. The number of amides is 1. The number of rotatable bonds is 3. The van der Waals surface area contributed by atoms with Crippen molar-refractivity contribution in [3.05, 3.63) is 81.3 Å². The first-order chi connectivity index (χ1) is 13.3. The Kier molecular flexibility index (Phi) is 5.66. The molecule has 3 aromatic rings. The van der Waals surface area contributed by atoms with Gasteiger partial charge in [-0.25, -0.2) is 4.98 Å². The van der Waals surface area contributed by atoms with Gasteiger partial charge in [0, 0.05) is 12.1 Å². The third-order valence-electron chi connectivity index (χ3n) is 3.58. The fourth-order valence-corrected chi connectivity index (χ4v) is 3.10. The molecule has 2 aromatic carbocycles. The van der Waals surface area contributed by atoms with E-state index in [0.717, 1.165) is 5.56 Å². The average molecular weight is 402 g/mol. The Morgan fingerprint density at radius 1 is 1.07 bits per heavy atom. The van der Waals surface area contributed by atoms with Gasteiger partial charge in [-0.2, -0.15) is 13.2 Å². The van der Waals surface area contributed by atoms with Gasteiger partial charge in [-0.15, -0.1) is 0 Å². The van der Waals surface area contributed by atoms with Crippen LogP contribution in [0.2, 0.25) is 0 Å². The van der Waals surface area contributed by atoms with Crippen LogP contribution >= 0.6 is 11.3 Å². The van der Waals surface area contributed by atoms with Crippen LogP contribution in [0, 0.1) is 11.8 Å². The number of aromatic hydroxyl groups is 1. The van der Waals surface area contributed by atoms with Crippen LogP contribution in [-0.4, -0.2) is 16.0 Å². The minimum atomic E-state index is -4.77. The number of phenolic OH excluding ortho intramolecular Hbond substituents is 1. The van der Waals surface area contributed by atoms with Gasteiger partial charge in [0.25, 0.3) is 5.91 Å². The van der Waals surface area contributed by atoms with Crippen LogP contribution in [0.3, 0.4) is 0 Å². The minimum Gasteiger partial charge on any atom is -0.508 e. The Morgan fingerprint density at radius 2 is 1.75 bits per heavy atom. The molecule has 0 saturated heterocycles. The second-order valence-corrected chi connectivity index (χ2v) is 6.66. The van der Waals surface area contributed by atoms with Crippen LogP contribution < -0.4 is 5.32 Å². The molecule has 0 aliphatic carbocycles. The van der Waals surface area contributed by atoms with E-state index in [9.17, 15) is 23.1 Å². The third-order valence-corrected chi connectivity index (χ3v) is 4.55. The van der Waals surface area contributed by atoms with Crippen LogP contribution in [0.15, 0.2) is 54.6 Å². The summed E-state index contributed by atoms with van der Waals surface area (Å²) in [5, 5.41) is 11.6. The summed E-state index contributed by atoms with van der Waals surface area (Å²) in [4.78, 5) is 15.3. The molecule has 0 aliphatic rings. The van der Waals surface area contributed by atoms with E-state index < -0.39 is 22.7 Å². The Balaban J connectivity index is 1.84. The predicted octanol–water partition coefficient (Wildman–Crippen LogP) is 4.20. The van der Waals surface area contributed by atoms with Crippen molar-refractivity contribution in [3.8, 4) is 17.6 Å². The van der Waals surface area contributed by atoms with Gasteiger partial charge in [0.2, 0.25) is 0 Å². The predicted molar refractivity (Wildman–Crippen MR) is 98.8 cm³/mol. The standard InChI is InChI=1S/C20H13F3N2O2S/c21-20(22,23)18-17(19(27)24-12-14-4-2-1-3-5-14)28-16(25-18)11-8-13-6-9-15(26)10-7-13/h1-7,9-10,26H,12H2,(H,24,27). The summed E-state index contributed by atoms with van der Waals surface area (Å²) < 4.78 is 39.8. The van der Waals surface area contributed by atoms with E-state index in [1.165, 1.54) is 24.3 Å². The molecule has 142 valence electrons. The Hall–Kier alpha value is -3.31. The molecule has 28 heavy (non-hydrogen) atoms. The van der Waals surface area contributed by atoms with E-state index in [0.29, 0.717) is 16.9 Å². The molecular weight excluding hydrogens is 389 g/mol. The number of thiazole rings is 1. The third kappa shape index (κ3) is 4.90. The Morgan fingerprint density at radius 3 is 2.39 bits per heavy atom. The van der Waals surface area contributed by atoms with Crippen LogP contribution in [-0.2, 0) is 12.7 Å². The highest BCUT2D eigenvalue weighted by atomic mass is 32.1. The lowest BCUT2D eigenvalue weighted by molar-refractivity contribution is -0.141. The maximum Gasteiger partial charge on any atom is 0.435 e. The Bertz CT molecular complexity index is 1030. The van der Waals surface area contributed by atoms with Gasteiger partial charge in [0.05, 0.1) is 0 Å². The summed E-state index contributed by atoms with van der Waals surface area (Å²) in [6.45, 7) is 0.101. The van der Waals surface area contributed by atoms with E-state index in [1.807, 2.05) is 0 Å². The number of carbonyl (C=O) groups excluding carboxylic acids is 1. The summed E-state index contributed by atoms with van der Waals surface area (Å²) in [5.74, 6) is 4.40. The average Bonchev–Trinajstić information content (AvgIpc) is 3.11. The first-order valence-corrected chi connectivity index (χ1v) is 8.86. The molecule has 0 bridgehead atoms. The van der Waals surface area contributed by atoms with Gasteiger partial charge in [-0.1, -0.05) is 47.6 Å². The van der Waals surface area contributed by atoms with Crippen molar-refractivity contribution in [1.29, 1.82) is 0 Å². The highest BCUT2D eigenvalue weighted by Gasteiger charge is 2.39. The molecule has 0 radical (unpaired) electrons. The number of hydrogen-bond donors (Lipinski definition) is 2. The quantitative estimate of drug-likeness (QED) is 0.646. The molecule has 4 nitrogen and oxygen atoms in total. The summed E-state index contributed by atoms with van der Waals surface area (Å²) in [6.07, 6.45) is -4.77. The van der Waals surface area contributed by atoms with Gasteiger partial charge in [-0.05, 0) is 35.7 Å². The zero-order valence-electron chi connectivity index (χ0n) is 14.2.